The average molecular weight is 543 g/mol. The first-order valence-electron chi connectivity index (χ1n) is 12.5. The van der Waals surface area contributed by atoms with Gasteiger partial charge < -0.3 is 26.0 Å². The van der Waals surface area contributed by atoms with Crippen LogP contribution in [-0.4, -0.2) is 52.4 Å². The number of anilines is 2. The van der Waals surface area contributed by atoms with E-state index in [0.717, 1.165) is 22.8 Å². The molecule has 40 heavy (non-hydrogen) atoms. The minimum Gasteiger partial charge on any atom is -0.493 e. The lowest BCUT2D eigenvalue weighted by atomic mass is 9.95. The maximum Gasteiger partial charge on any atom is 0.327 e. The number of ether oxygens (including phenoxy) is 2. The number of hydrazone groups is 1. The van der Waals surface area contributed by atoms with E-state index in [1.165, 1.54) is 25.3 Å². The topological polar surface area (TPSA) is 166 Å². The fourth-order valence-electron chi connectivity index (χ4n) is 4.50. The molecule has 4 rings (SSSR count). The SMILES string of the molecule is COc1cc(Cc2cnc(N)nc2N)cc(C=CC(=O)N2N=Cc3ccccc3C2CCC=CC(=O)O)c1OC. The minimum atomic E-state index is -1.02. The molecule has 11 heteroatoms. The zero-order valence-electron chi connectivity index (χ0n) is 22.2. The number of fused-ring (bicyclic) bond motifs is 1. The lowest BCUT2D eigenvalue weighted by Gasteiger charge is -2.31. The molecule has 2 aromatic carbocycles. The largest absolute Gasteiger partial charge is 0.493 e. The van der Waals surface area contributed by atoms with Gasteiger partial charge >= 0.3 is 5.97 Å². The Morgan fingerprint density at radius 3 is 2.65 bits per heavy atom. The molecule has 1 aliphatic rings. The van der Waals surface area contributed by atoms with E-state index in [1.807, 2.05) is 36.4 Å². The third kappa shape index (κ3) is 6.44. The Morgan fingerprint density at radius 1 is 1.12 bits per heavy atom. The summed E-state index contributed by atoms with van der Waals surface area (Å²) in [4.78, 5) is 32.4. The minimum absolute atomic E-state index is 0.0925. The molecule has 0 aliphatic carbocycles. The summed E-state index contributed by atoms with van der Waals surface area (Å²) in [6, 6.07) is 11.0. The van der Waals surface area contributed by atoms with E-state index in [-0.39, 0.29) is 23.7 Å². The summed E-state index contributed by atoms with van der Waals surface area (Å²) in [5.74, 6) is -0.0524. The Kier molecular flexibility index (Phi) is 8.75. The van der Waals surface area contributed by atoms with E-state index < -0.39 is 5.97 Å². The van der Waals surface area contributed by atoms with Crippen LogP contribution in [0.15, 0.2) is 65.9 Å². The first-order valence-corrected chi connectivity index (χ1v) is 12.5. The molecule has 0 bridgehead atoms. The number of hydrogen-bond acceptors (Lipinski definition) is 9. The molecule has 1 atom stereocenters. The maximum atomic E-state index is 13.4. The van der Waals surface area contributed by atoms with Crippen molar-refractivity contribution in [2.75, 3.05) is 25.7 Å². The van der Waals surface area contributed by atoms with Gasteiger partial charge in [-0.05, 0) is 47.7 Å². The first-order chi connectivity index (χ1) is 19.3. The van der Waals surface area contributed by atoms with Crippen molar-refractivity contribution < 1.29 is 24.2 Å². The molecule has 0 saturated heterocycles. The van der Waals surface area contributed by atoms with Crippen LogP contribution in [0.3, 0.4) is 0 Å². The number of nitrogens with zero attached hydrogens (tertiary/aromatic N) is 4. The van der Waals surface area contributed by atoms with Crippen molar-refractivity contribution in [3.63, 3.8) is 0 Å². The molecular weight excluding hydrogens is 512 g/mol. The van der Waals surface area contributed by atoms with E-state index in [1.54, 1.807) is 24.6 Å². The van der Waals surface area contributed by atoms with Gasteiger partial charge in [-0.15, -0.1) is 0 Å². The van der Waals surface area contributed by atoms with Gasteiger partial charge in [-0.25, -0.2) is 14.8 Å². The van der Waals surface area contributed by atoms with Crippen molar-refractivity contribution in [3.8, 4) is 11.5 Å². The molecule has 2 heterocycles. The van der Waals surface area contributed by atoms with Crippen molar-refractivity contribution in [1.82, 2.24) is 15.0 Å². The number of nitrogens with two attached hydrogens (primary N) is 2. The molecule has 0 saturated carbocycles. The van der Waals surface area contributed by atoms with E-state index in [2.05, 4.69) is 15.1 Å². The molecule has 1 aromatic heterocycles. The number of carboxylic acids is 1. The zero-order chi connectivity index (χ0) is 28.6. The van der Waals surface area contributed by atoms with E-state index >= 15 is 0 Å². The molecular formula is C29H30N6O5. The summed E-state index contributed by atoms with van der Waals surface area (Å²) in [7, 11) is 3.05. The van der Waals surface area contributed by atoms with Gasteiger partial charge in [0.15, 0.2) is 11.5 Å². The van der Waals surface area contributed by atoms with E-state index in [0.29, 0.717) is 41.9 Å². The predicted octanol–water partition coefficient (Wildman–Crippen LogP) is 3.60. The number of aromatic nitrogens is 2. The smallest absolute Gasteiger partial charge is 0.327 e. The summed E-state index contributed by atoms with van der Waals surface area (Å²) >= 11 is 0. The Balaban J connectivity index is 1.62. The zero-order valence-corrected chi connectivity index (χ0v) is 22.2. The van der Waals surface area contributed by atoms with Gasteiger partial charge in [0.1, 0.15) is 5.82 Å². The highest BCUT2D eigenvalue weighted by atomic mass is 16.5. The second-order valence-corrected chi connectivity index (χ2v) is 8.96. The number of allylic oxidation sites excluding steroid dienone is 1. The number of carboxylic acid groups (broad SMARTS) is 1. The number of carbonyl (C=O) groups is 2. The fourth-order valence-corrected chi connectivity index (χ4v) is 4.50. The van der Waals surface area contributed by atoms with Crippen molar-refractivity contribution in [2.24, 2.45) is 5.10 Å². The summed E-state index contributed by atoms with van der Waals surface area (Å²) < 4.78 is 11.1. The van der Waals surface area contributed by atoms with Crippen LogP contribution in [0.5, 0.6) is 11.5 Å². The van der Waals surface area contributed by atoms with Crippen LogP contribution in [0.2, 0.25) is 0 Å². The molecule has 1 amide bonds. The van der Waals surface area contributed by atoms with Gasteiger partial charge in [0.25, 0.3) is 5.91 Å². The number of nitrogen functional groups attached to an aromatic ring is 2. The molecule has 1 unspecified atom stereocenters. The second-order valence-electron chi connectivity index (χ2n) is 8.96. The highest BCUT2D eigenvalue weighted by molar-refractivity contribution is 5.95. The Labute approximate surface area is 231 Å². The van der Waals surface area contributed by atoms with Crippen LogP contribution in [0.4, 0.5) is 11.8 Å². The van der Waals surface area contributed by atoms with Gasteiger partial charge in [0, 0.05) is 35.9 Å². The Hall–Kier alpha value is -5.19. The number of carbonyl (C=O) groups excluding carboxylic acids is 1. The average Bonchev–Trinajstić information content (AvgIpc) is 2.94. The summed E-state index contributed by atoms with van der Waals surface area (Å²) in [6.45, 7) is 0. The van der Waals surface area contributed by atoms with Gasteiger partial charge in [-0.1, -0.05) is 30.3 Å². The van der Waals surface area contributed by atoms with Crippen LogP contribution in [0.1, 0.15) is 46.7 Å². The second kappa shape index (κ2) is 12.6. The third-order valence-electron chi connectivity index (χ3n) is 6.35. The van der Waals surface area contributed by atoms with Crippen LogP contribution in [-0.2, 0) is 16.0 Å². The highest BCUT2D eigenvalue weighted by Gasteiger charge is 2.28. The molecule has 1 aliphatic heterocycles. The monoisotopic (exact) mass is 542 g/mol. The molecule has 0 radical (unpaired) electrons. The number of methoxy groups -OCH3 is 2. The standard InChI is InChI=1S/C29H30N6O5/c1-39-24-15-18(14-21-16-32-29(31)34-28(21)30)13-19(27(24)40-2)11-12-25(36)35-23(9-5-6-10-26(37)38)22-8-4-3-7-20(22)17-33-35/h3-4,6-8,10-13,15-17,23H,5,9,14H2,1-2H3,(H,37,38)(H4,30,31,32,34). The summed E-state index contributed by atoms with van der Waals surface area (Å²) in [6.07, 6.45) is 10.3. The lowest BCUT2D eigenvalue weighted by molar-refractivity contribution is -0.131. The molecule has 0 fully saturated rings. The van der Waals surface area contributed by atoms with Crippen LogP contribution < -0.4 is 20.9 Å². The highest BCUT2D eigenvalue weighted by Crippen LogP contribution is 2.35. The van der Waals surface area contributed by atoms with Crippen molar-refractivity contribution in [1.29, 1.82) is 0 Å². The van der Waals surface area contributed by atoms with Crippen molar-refractivity contribution in [2.45, 2.75) is 25.3 Å². The molecule has 11 nitrogen and oxygen atoms in total. The number of rotatable bonds is 10. The Bertz CT molecular complexity index is 1500. The van der Waals surface area contributed by atoms with Crippen LogP contribution in [0, 0.1) is 0 Å². The maximum absolute atomic E-state index is 13.4. The molecule has 5 N–H and O–H groups in total. The fraction of sp³-hybridized carbons (Fsp3) is 0.207. The molecule has 206 valence electrons. The molecule has 0 spiro atoms. The Morgan fingerprint density at radius 2 is 1.93 bits per heavy atom. The number of hydrogen-bond donors (Lipinski definition) is 3. The van der Waals surface area contributed by atoms with Gasteiger partial charge in [0.2, 0.25) is 5.95 Å². The van der Waals surface area contributed by atoms with Crippen molar-refractivity contribution in [3.05, 3.63) is 88.6 Å². The summed E-state index contributed by atoms with van der Waals surface area (Å²) in [5, 5.41) is 14.7. The number of benzene rings is 2. The number of aliphatic carboxylic acids is 1. The van der Waals surface area contributed by atoms with Gasteiger partial charge in [-0.2, -0.15) is 10.1 Å². The number of amides is 1. The van der Waals surface area contributed by atoms with Gasteiger partial charge in [0.05, 0.1) is 26.5 Å². The van der Waals surface area contributed by atoms with Crippen molar-refractivity contribution >= 4 is 35.9 Å². The molecule has 3 aromatic rings. The normalized spacial score (nSPS) is 14.4. The summed E-state index contributed by atoms with van der Waals surface area (Å²) in [5.41, 5.74) is 15.6. The van der Waals surface area contributed by atoms with Crippen LogP contribution >= 0.6 is 0 Å². The third-order valence-corrected chi connectivity index (χ3v) is 6.35. The predicted molar refractivity (Wildman–Crippen MR) is 152 cm³/mol. The van der Waals surface area contributed by atoms with E-state index in [4.69, 9.17) is 26.0 Å². The van der Waals surface area contributed by atoms with E-state index in [9.17, 15) is 9.59 Å². The lowest BCUT2D eigenvalue weighted by Crippen LogP contribution is -2.32. The van der Waals surface area contributed by atoms with Gasteiger partial charge in [-0.3, -0.25) is 4.79 Å². The van der Waals surface area contributed by atoms with Crippen LogP contribution in [0.25, 0.3) is 6.08 Å². The first kappa shape index (κ1) is 27.8. The quantitative estimate of drug-likeness (QED) is 0.324.